The lowest BCUT2D eigenvalue weighted by atomic mass is 10.0. The van der Waals surface area contributed by atoms with E-state index in [9.17, 15) is 33.6 Å². The molecule has 17 heteroatoms. The van der Waals surface area contributed by atoms with E-state index in [-0.39, 0.29) is 76.6 Å². The van der Waals surface area contributed by atoms with Gasteiger partial charge < -0.3 is 52.7 Å². The summed E-state index contributed by atoms with van der Waals surface area (Å²) in [5, 5.41) is 21.2. The van der Waals surface area contributed by atoms with Crippen molar-refractivity contribution in [2.45, 2.75) is 108 Å². The van der Waals surface area contributed by atoms with Crippen LogP contribution in [-0.4, -0.2) is 96.4 Å². The normalized spacial score (nSPS) is 20.5. The van der Waals surface area contributed by atoms with Crippen LogP contribution in [0.4, 0.5) is 4.79 Å². The van der Waals surface area contributed by atoms with Crippen LogP contribution in [0.15, 0.2) is 91.1 Å². The number of primary amides is 1. The predicted molar refractivity (Wildman–Crippen MR) is 246 cm³/mol. The van der Waals surface area contributed by atoms with Gasteiger partial charge in [0.1, 0.15) is 24.7 Å². The first-order valence-electron chi connectivity index (χ1n) is 22.4. The summed E-state index contributed by atoms with van der Waals surface area (Å²) in [6.07, 6.45) is 2.65. The van der Waals surface area contributed by atoms with Gasteiger partial charge in [0, 0.05) is 68.5 Å². The van der Waals surface area contributed by atoms with Gasteiger partial charge in [-0.2, -0.15) is 0 Å². The summed E-state index contributed by atoms with van der Waals surface area (Å²) in [5.41, 5.74) is 8.69. The summed E-state index contributed by atoms with van der Waals surface area (Å²) in [6.45, 7) is 4.61. The lowest BCUT2D eigenvalue weighted by Crippen LogP contribution is -2.59. The van der Waals surface area contributed by atoms with E-state index in [2.05, 4.69) is 42.2 Å². The van der Waals surface area contributed by atoms with Crippen LogP contribution in [0.25, 0.3) is 10.9 Å². The van der Waals surface area contributed by atoms with Gasteiger partial charge in [0.05, 0.1) is 6.04 Å². The summed E-state index contributed by atoms with van der Waals surface area (Å²) < 4.78 is 5.31. The van der Waals surface area contributed by atoms with E-state index in [1.165, 1.54) is 0 Å². The van der Waals surface area contributed by atoms with Gasteiger partial charge in [0.2, 0.25) is 35.4 Å². The summed E-state index contributed by atoms with van der Waals surface area (Å²) in [7, 11) is 0. The number of H-pyrrole nitrogens is 1. The molecule has 17 nitrogen and oxygen atoms in total. The highest BCUT2D eigenvalue weighted by Gasteiger charge is 2.32. The zero-order chi connectivity index (χ0) is 46.6. The van der Waals surface area contributed by atoms with Crippen molar-refractivity contribution >= 4 is 52.4 Å². The van der Waals surface area contributed by atoms with Crippen molar-refractivity contribution in [1.82, 2.24) is 42.2 Å². The Morgan fingerprint density at radius 2 is 1.35 bits per heavy atom. The highest BCUT2D eigenvalue weighted by molar-refractivity contribution is 5.96. The third-order valence-electron chi connectivity index (χ3n) is 11.1. The van der Waals surface area contributed by atoms with Crippen LogP contribution in [0.2, 0.25) is 0 Å². The smallest absolute Gasteiger partial charge is 0.407 e. The number of benzene rings is 3. The number of unbranched alkanes of at least 4 members (excludes halogenated alkanes) is 1. The van der Waals surface area contributed by atoms with Crippen LogP contribution in [0, 0.1) is 5.92 Å². The molecule has 0 bridgehead atoms. The quantitative estimate of drug-likeness (QED) is 0.0749. The molecule has 1 aliphatic rings. The third-order valence-corrected chi connectivity index (χ3v) is 11.1. The van der Waals surface area contributed by atoms with E-state index >= 15 is 0 Å². The standard InChI is InChI=1S/C48H63N9O8/c1-31(2)25-35-29-53-38(19-11-12-23-51-48(64)65-30-33-15-7-4-8-16-33)45(61)55-39(20-21-42(49)58)46(62)57-41(27-34-28-52-37-18-10-9-17-36(34)37)47(63)56-40(26-32-13-5-3-6-14-32)44(60)50-24-22-43(59)54-35/h3-10,13-18,28,31,35,38-41,52-53H,11-12,19-27,29-30H2,1-2H3,(H2,49,58)(H,50,60)(H,51,64)(H,54,59)(H,55,61)(H,56,63)(H,57,62)/t35-,38-,39-,40-,41-/m0/s1. The number of hydrogen-bond acceptors (Lipinski definition) is 9. The molecule has 5 atom stereocenters. The Morgan fingerprint density at radius 1 is 0.723 bits per heavy atom. The Morgan fingerprint density at radius 3 is 2.06 bits per heavy atom. The molecule has 7 amide bonds. The molecule has 65 heavy (non-hydrogen) atoms. The van der Waals surface area contributed by atoms with Gasteiger partial charge in [0.25, 0.3) is 0 Å². The van der Waals surface area contributed by atoms with Crippen molar-refractivity contribution in [2.24, 2.45) is 11.7 Å². The van der Waals surface area contributed by atoms with Crippen LogP contribution in [-0.2, 0) is 53.0 Å². The van der Waals surface area contributed by atoms with Gasteiger partial charge in [-0.05, 0) is 60.8 Å². The number of nitrogens with one attached hydrogen (secondary N) is 8. The minimum absolute atomic E-state index is 0.00712. The van der Waals surface area contributed by atoms with Gasteiger partial charge >= 0.3 is 6.09 Å². The molecule has 3 aromatic carbocycles. The number of carbonyl (C=O) groups is 7. The molecule has 1 aromatic heterocycles. The van der Waals surface area contributed by atoms with Gasteiger partial charge in [-0.15, -0.1) is 0 Å². The van der Waals surface area contributed by atoms with E-state index in [4.69, 9.17) is 10.5 Å². The second-order valence-corrected chi connectivity index (χ2v) is 16.8. The molecule has 348 valence electrons. The van der Waals surface area contributed by atoms with E-state index < -0.39 is 65.8 Å². The monoisotopic (exact) mass is 893 g/mol. The largest absolute Gasteiger partial charge is 0.445 e. The summed E-state index contributed by atoms with van der Waals surface area (Å²) in [6, 6.07) is 21.0. The van der Waals surface area contributed by atoms with Gasteiger partial charge in [0.15, 0.2) is 0 Å². The first kappa shape index (κ1) is 49.3. The van der Waals surface area contributed by atoms with Crippen molar-refractivity contribution < 1.29 is 38.3 Å². The molecule has 4 aromatic rings. The molecular weight excluding hydrogens is 831 g/mol. The maximum Gasteiger partial charge on any atom is 0.407 e. The molecule has 5 rings (SSSR count). The number of rotatable bonds is 16. The Bertz CT molecular complexity index is 2200. The lowest BCUT2D eigenvalue weighted by Gasteiger charge is -2.27. The van der Waals surface area contributed by atoms with Crippen LogP contribution in [0.5, 0.6) is 0 Å². The summed E-state index contributed by atoms with van der Waals surface area (Å²) >= 11 is 0. The molecule has 0 aliphatic carbocycles. The number of ether oxygens (including phenoxy) is 1. The fourth-order valence-corrected chi connectivity index (χ4v) is 7.69. The summed E-state index contributed by atoms with van der Waals surface area (Å²) in [5.74, 6) is -3.29. The number of para-hydroxylation sites is 1. The number of amides is 7. The Hall–Kier alpha value is -6.75. The van der Waals surface area contributed by atoms with E-state index in [1.54, 1.807) is 6.20 Å². The summed E-state index contributed by atoms with van der Waals surface area (Å²) in [4.78, 5) is 97.8. The lowest BCUT2D eigenvalue weighted by molar-refractivity contribution is -0.134. The van der Waals surface area contributed by atoms with Crippen molar-refractivity contribution in [2.75, 3.05) is 19.6 Å². The Balaban J connectivity index is 1.39. The maximum absolute atomic E-state index is 14.4. The van der Waals surface area contributed by atoms with Crippen LogP contribution < -0.4 is 43.0 Å². The number of alkyl carbamates (subject to hydrolysis) is 1. The highest BCUT2D eigenvalue weighted by Crippen LogP contribution is 2.20. The molecule has 1 saturated heterocycles. The molecular formula is C48H63N9O8. The number of aromatic amines is 1. The SMILES string of the molecule is CC(C)C[C@H]1CN[C@@H](CCCCNC(=O)OCc2ccccc2)C(=O)N[C@@H](CCC(N)=O)C(=O)N[C@@H](Cc2c[nH]c3ccccc23)C(=O)N[C@@H](Cc2ccccc2)C(=O)NCCC(=O)N1. The van der Waals surface area contributed by atoms with E-state index in [1.807, 2.05) is 98.8 Å². The maximum atomic E-state index is 14.4. The number of fused-ring (bicyclic) bond motifs is 1. The number of aromatic nitrogens is 1. The fraction of sp³-hybridized carbons (Fsp3) is 0.438. The average molecular weight is 894 g/mol. The van der Waals surface area contributed by atoms with Crippen molar-refractivity contribution in [3.63, 3.8) is 0 Å². The van der Waals surface area contributed by atoms with Gasteiger partial charge in [-0.25, -0.2) is 4.79 Å². The van der Waals surface area contributed by atoms with Crippen LogP contribution >= 0.6 is 0 Å². The van der Waals surface area contributed by atoms with E-state index in [0.29, 0.717) is 24.8 Å². The van der Waals surface area contributed by atoms with E-state index in [0.717, 1.165) is 22.0 Å². The molecule has 0 unspecified atom stereocenters. The highest BCUT2D eigenvalue weighted by atomic mass is 16.5. The molecule has 1 aliphatic heterocycles. The molecule has 10 N–H and O–H groups in total. The predicted octanol–water partition coefficient (Wildman–Crippen LogP) is 2.78. The Labute approximate surface area is 379 Å². The van der Waals surface area contributed by atoms with Gasteiger partial charge in [-0.3, -0.25) is 28.8 Å². The molecule has 0 spiro atoms. The molecule has 1 fully saturated rings. The zero-order valence-electron chi connectivity index (χ0n) is 37.2. The number of hydrogen-bond donors (Lipinski definition) is 9. The van der Waals surface area contributed by atoms with Crippen molar-refractivity contribution in [3.05, 3.63) is 108 Å². The Kier molecular flexibility index (Phi) is 19.3. The first-order valence-corrected chi connectivity index (χ1v) is 22.4. The first-order chi connectivity index (χ1) is 31.3. The second kappa shape index (κ2) is 25.5. The zero-order valence-corrected chi connectivity index (χ0v) is 37.2. The van der Waals surface area contributed by atoms with Crippen LogP contribution in [0.3, 0.4) is 0 Å². The molecule has 0 radical (unpaired) electrons. The minimum Gasteiger partial charge on any atom is -0.445 e. The van der Waals surface area contributed by atoms with Crippen molar-refractivity contribution in [1.29, 1.82) is 0 Å². The fourth-order valence-electron chi connectivity index (χ4n) is 7.69. The molecule has 0 saturated carbocycles. The van der Waals surface area contributed by atoms with Crippen LogP contribution in [0.1, 0.15) is 75.5 Å². The number of carbonyl (C=O) groups excluding carboxylic acids is 7. The van der Waals surface area contributed by atoms with Crippen molar-refractivity contribution in [3.8, 4) is 0 Å². The minimum atomic E-state index is -1.30. The second-order valence-electron chi connectivity index (χ2n) is 16.8. The van der Waals surface area contributed by atoms with Gasteiger partial charge in [-0.1, -0.05) is 92.7 Å². The molecule has 2 heterocycles. The third kappa shape index (κ3) is 16.7. The average Bonchev–Trinajstić information content (AvgIpc) is 3.69. The topological polar surface area (TPSA) is 255 Å². The number of nitrogens with two attached hydrogens (primary N) is 1.